The number of hydrogen-bond acceptors (Lipinski definition) is 4. The van der Waals surface area contributed by atoms with Gasteiger partial charge in [-0.1, -0.05) is 53.5 Å². The van der Waals surface area contributed by atoms with Crippen LogP contribution in [0.25, 0.3) is 0 Å². The number of aliphatic hydroxyl groups is 1. The number of anilines is 1. The zero-order valence-electron chi connectivity index (χ0n) is 14.6. The lowest BCUT2D eigenvalue weighted by Gasteiger charge is -2.23. The second kappa shape index (κ2) is 7.33. The van der Waals surface area contributed by atoms with Gasteiger partial charge in [-0.2, -0.15) is 0 Å². The van der Waals surface area contributed by atoms with Crippen molar-refractivity contribution in [3.8, 4) is 0 Å². The Morgan fingerprint density at radius 3 is 2.61 bits per heavy atom. The molecule has 4 rings (SSSR count). The van der Waals surface area contributed by atoms with E-state index in [1.807, 2.05) is 0 Å². The quantitative estimate of drug-likeness (QED) is 0.574. The van der Waals surface area contributed by atoms with Crippen LogP contribution in [0.1, 0.15) is 27.2 Å². The summed E-state index contributed by atoms with van der Waals surface area (Å²) in [6, 6.07) is 15.5. The molecular formula is C21H15Cl2NO3S. The van der Waals surface area contributed by atoms with Crippen LogP contribution in [0.4, 0.5) is 5.69 Å². The van der Waals surface area contributed by atoms with Gasteiger partial charge >= 0.3 is 0 Å². The minimum absolute atomic E-state index is 0.168. The predicted molar refractivity (Wildman–Crippen MR) is 111 cm³/mol. The highest BCUT2D eigenvalue weighted by Crippen LogP contribution is 2.44. The first-order valence-corrected chi connectivity index (χ1v) is 10.2. The molecule has 0 saturated carbocycles. The molecule has 1 atom stereocenters. The van der Waals surface area contributed by atoms with Gasteiger partial charge in [-0.3, -0.25) is 9.59 Å². The zero-order chi connectivity index (χ0) is 19.9. The van der Waals surface area contributed by atoms with Crippen LogP contribution >= 0.6 is 34.5 Å². The van der Waals surface area contributed by atoms with Crippen molar-refractivity contribution in [2.45, 2.75) is 18.6 Å². The number of thiophene rings is 1. The maximum absolute atomic E-state index is 13.2. The monoisotopic (exact) mass is 431 g/mol. The van der Waals surface area contributed by atoms with Gasteiger partial charge < -0.3 is 10.0 Å². The van der Waals surface area contributed by atoms with Crippen molar-refractivity contribution >= 4 is 51.9 Å². The molecule has 1 N–H and O–H groups in total. The van der Waals surface area contributed by atoms with Crippen LogP contribution < -0.4 is 4.90 Å². The molecular weight excluding hydrogens is 417 g/mol. The first-order chi connectivity index (χ1) is 13.4. The van der Waals surface area contributed by atoms with Crippen molar-refractivity contribution in [3.05, 3.63) is 86.0 Å². The fourth-order valence-electron chi connectivity index (χ4n) is 3.41. The summed E-state index contributed by atoms with van der Waals surface area (Å²) in [4.78, 5) is 27.8. The Kier molecular flexibility index (Phi) is 5.02. The lowest BCUT2D eigenvalue weighted by atomic mass is 9.89. The third-order valence-electron chi connectivity index (χ3n) is 4.80. The molecule has 3 aromatic rings. The molecule has 0 saturated heterocycles. The zero-order valence-corrected chi connectivity index (χ0v) is 16.9. The standard InChI is InChI=1S/C21H15Cl2NO3S/c22-14-8-7-13(16(23)10-14)12-24-17-5-2-1-4-15(17)21(27,20(24)26)11-18(25)19-6-3-9-28-19/h1-10,27H,11-12H2. The summed E-state index contributed by atoms with van der Waals surface area (Å²) in [7, 11) is 0. The largest absolute Gasteiger partial charge is 0.375 e. The average molecular weight is 432 g/mol. The summed E-state index contributed by atoms with van der Waals surface area (Å²) in [5.74, 6) is -0.809. The van der Waals surface area contributed by atoms with Crippen molar-refractivity contribution in [2.24, 2.45) is 0 Å². The van der Waals surface area contributed by atoms with E-state index in [1.54, 1.807) is 60.0 Å². The lowest BCUT2D eigenvalue weighted by molar-refractivity contribution is -0.136. The highest BCUT2D eigenvalue weighted by Gasteiger charge is 2.50. The highest BCUT2D eigenvalue weighted by molar-refractivity contribution is 7.12. The molecule has 142 valence electrons. The third-order valence-corrected chi connectivity index (χ3v) is 6.29. The molecule has 0 bridgehead atoms. The Morgan fingerprint density at radius 2 is 1.89 bits per heavy atom. The Hall–Kier alpha value is -2.18. The van der Waals surface area contributed by atoms with Gasteiger partial charge in [-0.15, -0.1) is 11.3 Å². The Bertz CT molecular complexity index is 1070. The maximum atomic E-state index is 13.2. The third kappa shape index (κ3) is 3.25. The van der Waals surface area contributed by atoms with Gasteiger partial charge in [-0.25, -0.2) is 0 Å². The fraction of sp³-hybridized carbons (Fsp3) is 0.143. The molecule has 0 radical (unpaired) electrons. The topological polar surface area (TPSA) is 57.6 Å². The summed E-state index contributed by atoms with van der Waals surface area (Å²) >= 11 is 13.5. The Balaban J connectivity index is 1.70. The number of Topliss-reactive ketones (excluding diaryl/α,β-unsaturated/α-hetero) is 1. The van der Waals surface area contributed by atoms with Gasteiger partial charge in [0.2, 0.25) is 0 Å². The maximum Gasteiger partial charge on any atom is 0.264 e. The average Bonchev–Trinajstić information content (AvgIpc) is 3.27. The van der Waals surface area contributed by atoms with Gasteiger partial charge in [0.05, 0.1) is 23.5 Å². The summed E-state index contributed by atoms with van der Waals surface area (Å²) in [5.41, 5.74) is -0.214. The van der Waals surface area contributed by atoms with Crippen LogP contribution in [0, 0.1) is 0 Å². The summed E-state index contributed by atoms with van der Waals surface area (Å²) in [5, 5.41) is 14.0. The normalized spacial score (nSPS) is 18.4. The van der Waals surface area contributed by atoms with Crippen LogP contribution in [-0.2, 0) is 16.9 Å². The van der Waals surface area contributed by atoms with E-state index in [-0.39, 0.29) is 18.7 Å². The number of benzene rings is 2. The van der Waals surface area contributed by atoms with E-state index in [9.17, 15) is 14.7 Å². The number of fused-ring (bicyclic) bond motifs is 1. The number of amides is 1. The van der Waals surface area contributed by atoms with E-state index < -0.39 is 11.5 Å². The molecule has 1 amide bonds. The lowest BCUT2D eigenvalue weighted by Crippen LogP contribution is -2.41. The van der Waals surface area contributed by atoms with E-state index in [0.717, 1.165) is 0 Å². The number of rotatable bonds is 5. The summed E-state index contributed by atoms with van der Waals surface area (Å²) < 4.78 is 0. The van der Waals surface area contributed by atoms with E-state index in [1.165, 1.54) is 16.2 Å². The van der Waals surface area contributed by atoms with Crippen LogP contribution in [0.3, 0.4) is 0 Å². The molecule has 1 aliphatic rings. The van der Waals surface area contributed by atoms with Crippen LogP contribution in [0.5, 0.6) is 0 Å². The summed E-state index contributed by atoms with van der Waals surface area (Å²) in [6.45, 7) is 0.168. The van der Waals surface area contributed by atoms with Crippen LogP contribution in [0.15, 0.2) is 60.0 Å². The number of carbonyl (C=O) groups excluding carboxylic acids is 2. The van der Waals surface area contributed by atoms with Gasteiger partial charge in [0.1, 0.15) is 0 Å². The molecule has 0 fully saturated rings. The van der Waals surface area contributed by atoms with Gasteiger partial charge in [0.25, 0.3) is 5.91 Å². The van der Waals surface area contributed by atoms with E-state index in [4.69, 9.17) is 23.2 Å². The minimum atomic E-state index is -1.91. The number of para-hydroxylation sites is 1. The van der Waals surface area contributed by atoms with Crippen molar-refractivity contribution < 1.29 is 14.7 Å². The number of nitrogens with zero attached hydrogens (tertiary/aromatic N) is 1. The molecule has 1 aliphatic heterocycles. The number of carbonyl (C=O) groups is 2. The first kappa shape index (κ1) is 19.2. The number of ketones is 1. The van der Waals surface area contributed by atoms with Gasteiger partial charge in [0, 0.05) is 15.6 Å². The molecule has 2 heterocycles. The second-order valence-corrected chi connectivity index (χ2v) is 8.37. The molecule has 1 aromatic heterocycles. The Morgan fingerprint density at radius 1 is 1.11 bits per heavy atom. The van der Waals surface area contributed by atoms with Crippen LogP contribution in [-0.4, -0.2) is 16.8 Å². The minimum Gasteiger partial charge on any atom is -0.375 e. The highest BCUT2D eigenvalue weighted by atomic mass is 35.5. The van der Waals surface area contributed by atoms with E-state index in [0.29, 0.717) is 31.7 Å². The second-order valence-electron chi connectivity index (χ2n) is 6.58. The smallest absolute Gasteiger partial charge is 0.264 e. The van der Waals surface area contributed by atoms with E-state index >= 15 is 0 Å². The van der Waals surface area contributed by atoms with Crippen LogP contribution in [0.2, 0.25) is 10.0 Å². The predicted octanol–water partition coefficient (Wildman–Crippen LogP) is 5.06. The molecule has 7 heteroatoms. The van der Waals surface area contributed by atoms with E-state index in [2.05, 4.69) is 0 Å². The Labute approximate surface area is 175 Å². The van der Waals surface area contributed by atoms with Crippen molar-refractivity contribution in [2.75, 3.05) is 4.90 Å². The molecule has 0 aliphatic carbocycles. The van der Waals surface area contributed by atoms with Crippen molar-refractivity contribution in [1.82, 2.24) is 0 Å². The molecule has 2 aromatic carbocycles. The SMILES string of the molecule is O=C(CC1(O)C(=O)N(Cc2ccc(Cl)cc2Cl)c2ccccc21)c1cccs1. The van der Waals surface area contributed by atoms with Crippen molar-refractivity contribution in [3.63, 3.8) is 0 Å². The number of hydrogen-bond donors (Lipinski definition) is 1. The fourth-order valence-corrected chi connectivity index (χ4v) is 4.54. The summed E-state index contributed by atoms with van der Waals surface area (Å²) in [6.07, 6.45) is -0.311. The first-order valence-electron chi connectivity index (χ1n) is 8.54. The van der Waals surface area contributed by atoms with Crippen molar-refractivity contribution in [1.29, 1.82) is 0 Å². The molecule has 28 heavy (non-hydrogen) atoms. The molecule has 1 unspecified atom stereocenters. The van der Waals surface area contributed by atoms with Gasteiger partial charge in [0.15, 0.2) is 11.4 Å². The van der Waals surface area contributed by atoms with Gasteiger partial charge in [-0.05, 0) is 35.2 Å². The number of halogens is 2. The molecule has 4 nitrogen and oxygen atoms in total. The molecule has 0 spiro atoms.